The molecule has 0 aliphatic rings. The number of hydrogen-bond acceptors (Lipinski definition) is 1. The summed E-state index contributed by atoms with van der Waals surface area (Å²) in [6.45, 7) is 2.92. The number of nitrogens with zero attached hydrogens (tertiary/aromatic N) is 1. The van der Waals surface area contributed by atoms with Crippen LogP contribution in [0, 0.1) is 6.92 Å². The SMILES string of the molecule is Cc1ccccc1N(C)Cc1ccc(Br)cc1Cl. The molecule has 2 aromatic rings. The van der Waals surface area contributed by atoms with E-state index in [4.69, 9.17) is 11.6 Å². The first-order valence-corrected chi connectivity index (χ1v) is 6.95. The lowest BCUT2D eigenvalue weighted by Gasteiger charge is -2.22. The van der Waals surface area contributed by atoms with Crippen molar-refractivity contribution in [2.75, 3.05) is 11.9 Å². The monoisotopic (exact) mass is 323 g/mol. The molecule has 2 aromatic carbocycles. The third kappa shape index (κ3) is 3.06. The van der Waals surface area contributed by atoms with Gasteiger partial charge in [-0.15, -0.1) is 0 Å². The normalized spacial score (nSPS) is 10.4. The number of benzene rings is 2. The second-order valence-electron chi connectivity index (χ2n) is 4.38. The first kappa shape index (κ1) is 13.4. The van der Waals surface area contributed by atoms with Gasteiger partial charge >= 0.3 is 0 Å². The van der Waals surface area contributed by atoms with Crippen molar-refractivity contribution in [1.29, 1.82) is 0 Å². The molecule has 1 nitrogen and oxygen atoms in total. The molecule has 0 radical (unpaired) electrons. The van der Waals surface area contributed by atoms with Gasteiger partial charge in [0, 0.05) is 28.8 Å². The molecule has 18 heavy (non-hydrogen) atoms. The Morgan fingerprint density at radius 3 is 2.56 bits per heavy atom. The summed E-state index contributed by atoms with van der Waals surface area (Å²) in [5, 5.41) is 0.796. The number of aryl methyl sites for hydroxylation is 1. The molecular formula is C15H15BrClN. The Labute approximate surface area is 122 Å². The molecule has 0 unspecified atom stereocenters. The van der Waals surface area contributed by atoms with Crippen LogP contribution in [0.15, 0.2) is 46.9 Å². The molecule has 0 atom stereocenters. The van der Waals surface area contributed by atoms with Crippen LogP contribution >= 0.6 is 27.5 Å². The molecule has 0 aromatic heterocycles. The number of rotatable bonds is 3. The first-order valence-electron chi connectivity index (χ1n) is 5.78. The van der Waals surface area contributed by atoms with E-state index in [0.717, 1.165) is 21.6 Å². The van der Waals surface area contributed by atoms with E-state index in [1.807, 2.05) is 12.1 Å². The molecule has 0 aliphatic carbocycles. The van der Waals surface area contributed by atoms with Gasteiger partial charge in [0.2, 0.25) is 0 Å². The van der Waals surface area contributed by atoms with Gasteiger partial charge in [0.25, 0.3) is 0 Å². The number of hydrogen-bond donors (Lipinski definition) is 0. The van der Waals surface area contributed by atoms with Crippen LogP contribution < -0.4 is 4.90 Å². The number of para-hydroxylation sites is 1. The topological polar surface area (TPSA) is 3.24 Å². The Kier molecular flexibility index (Phi) is 4.31. The largest absolute Gasteiger partial charge is 0.370 e. The van der Waals surface area contributed by atoms with E-state index in [1.165, 1.54) is 11.3 Å². The van der Waals surface area contributed by atoms with Gasteiger partial charge in [-0.25, -0.2) is 0 Å². The van der Waals surface area contributed by atoms with Gasteiger partial charge in [-0.2, -0.15) is 0 Å². The van der Waals surface area contributed by atoms with E-state index in [-0.39, 0.29) is 0 Å². The fraction of sp³-hybridized carbons (Fsp3) is 0.200. The van der Waals surface area contributed by atoms with Crippen LogP contribution in [0.25, 0.3) is 0 Å². The standard InChI is InChI=1S/C15H15BrClN/c1-11-5-3-4-6-15(11)18(2)10-12-7-8-13(16)9-14(12)17/h3-9H,10H2,1-2H3. The Hall–Kier alpha value is -0.990. The van der Waals surface area contributed by atoms with Crippen molar-refractivity contribution in [1.82, 2.24) is 0 Å². The molecule has 2 rings (SSSR count). The van der Waals surface area contributed by atoms with E-state index < -0.39 is 0 Å². The van der Waals surface area contributed by atoms with Crippen molar-refractivity contribution >= 4 is 33.2 Å². The summed E-state index contributed by atoms with van der Waals surface area (Å²) < 4.78 is 1.01. The number of halogens is 2. The molecule has 3 heteroatoms. The summed E-state index contributed by atoms with van der Waals surface area (Å²) in [4.78, 5) is 2.21. The summed E-state index contributed by atoms with van der Waals surface area (Å²) >= 11 is 9.67. The Balaban J connectivity index is 2.21. The molecule has 0 heterocycles. The number of anilines is 1. The average molecular weight is 325 g/mol. The van der Waals surface area contributed by atoms with Crippen LogP contribution in [0.2, 0.25) is 5.02 Å². The fourth-order valence-corrected chi connectivity index (χ4v) is 2.72. The van der Waals surface area contributed by atoms with Gasteiger partial charge in [0.15, 0.2) is 0 Å². The maximum absolute atomic E-state index is 6.24. The second-order valence-corrected chi connectivity index (χ2v) is 5.70. The molecule has 0 N–H and O–H groups in total. The summed E-state index contributed by atoms with van der Waals surface area (Å²) in [6, 6.07) is 14.4. The van der Waals surface area contributed by atoms with E-state index in [0.29, 0.717) is 0 Å². The molecule has 0 aliphatic heterocycles. The zero-order valence-electron chi connectivity index (χ0n) is 10.5. The predicted molar refractivity (Wildman–Crippen MR) is 82.4 cm³/mol. The third-order valence-electron chi connectivity index (χ3n) is 2.95. The van der Waals surface area contributed by atoms with Crippen molar-refractivity contribution in [3.63, 3.8) is 0 Å². The Bertz CT molecular complexity index is 554. The molecule has 0 bridgehead atoms. The van der Waals surface area contributed by atoms with Crippen LogP contribution in [0.4, 0.5) is 5.69 Å². The van der Waals surface area contributed by atoms with E-state index in [9.17, 15) is 0 Å². The van der Waals surface area contributed by atoms with Crippen LogP contribution in [0.3, 0.4) is 0 Å². The fourth-order valence-electron chi connectivity index (χ4n) is 1.98. The zero-order chi connectivity index (χ0) is 13.1. The summed E-state index contributed by atoms with van der Waals surface area (Å²) in [5.41, 5.74) is 3.63. The summed E-state index contributed by atoms with van der Waals surface area (Å²) in [6.07, 6.45) is 0. The highest BCUT2D eigenvalue weighted by molar-refractivity contribution is 9.10. The first-order chi connectivity index (χ1) is 8.58. The maximum atomic E-state index is 6.24. The molecular weight excluding hydrogens is 310 g/mol. The Morgan fingerprint density at radius 2 is 1.89 bits per heavy atom. The molecule has 94 valence electrons. The van der Waals surface area contributed by atoms with Gasteiger partial charge < -0.3 is 4.90 Å². The second kappa shape index (κ2) is 5.77. The molecule has 0 saturated carbocycles. The van der Waals surface area contributed by atoms with Crippen molar-refractivity contribution in [2.45, 2.75) is 13.5 Å². The lowest BCUT2D eigenvalue weighted by Crippen LogP contribution is -2.17. The highest BCUT2D eigenvalue weighted by Gasteiger charge is 2.07. The predicted octanol–water partition coefficient (Wildman–Crippen LogP) is 5.05. The minimum Gasteiger partial charge on any atom is -0.370 e. The minimum atomic E-state index is 0.796. The molecule has 0 saturated heterocycles. The quantitative estimate of drug-likeness (QED) is 0.764. The zero-order valence-corrected chi connectivity index (χ0v) is 12.8. The van der Waals surface area contributed by atoms with Crippen molar-refractivity contribution in [2.24, 2.45) is 0 Å². The van der Waals surface area contributed by atoms with Crippen LogP contribution in [-0.4, -0.2) is 7.05 Å². The summed E-state index contributed by atoms with van der Waals surface area (Å²) in [7, 11) is 2.08. The minimum absolute atomic E-state index is 0.796. The summed E-state index contributed by atoms with van der Waals surface area (Å²) in [5.74, 6) is 0. The highest BCUT2D eigenvalue weighted by atomic mass is 79.9. The molecule has 0 fully saturated rings. The van der Waals surface area contributed by atoms with Gasteiger partial charge in [-0.05, 0) is 36.2 Å². The van der Waals surface area contributed by atoms with E-state index in [2.05, 4.69) is 65.1 Å². The van der Waals surface area contributed by atoms with Gasteiger partial charge in [0.1, 0.15) is 0 Å². The highest BCUT2D eigenvalue weighted by Crippen LogP contribution is 2.25. The van der Waals surface area contributed by atoms with Crippen molar-refractivity contribution < 1.29 is 0 Å². The van der Waals surface area contributed by atoms with Gasteiger partial charge in [0.05, 0.1) is 0 Å². The van der Waals surface area contributed by atoms with Crippen molar-refractivity contribution in [3.05, 3.63) is 63.1 Å². The van der Waals surface area contributed by atoms with Crippen LogP contribution in [0.5, 0.6) is 0 Å². The van der Waals surface area contributed by atoms with Crippen molar-refractivity contribution in [3.8, 4) is 0 Å². The van der Waals surface area contributed by atoms with E-state index >= 15 is 0 Å². The van der Waals surface area contributed by atoms with Crippen LogP contribution in [0.1, 0.15) is 11.1 Å². The van der Waals surface area contributed by atoms with Crippen LogP contribution in [-0.2, 0) is 6.54 Å². The average Bonchev–Trinajstić information content (AvgIpc) is 2.33. The van der Waals surface area contributed by atoms with Gasteiger partial charge in [-0.1, -0.05) is 51.8 Å². The maximum Gasteiger partial charge on any atom is 0.0467 e. The molecule has 0 spiro atoms. The van der Waals surface area contributed by atoms with Gasteiger partial charge in [-0.3, -0.25) is 0 Å². The Morgan fingerprint density at radius 1 is 1.17 bits per heavy atom. The van der Waals surface area contributed by atoms with E-state index in [1.54, 1.807) is 0 Å². The lowest BCUT2D eigenvalue weighted by atomic mass is 10.1. The smallest absolute Gasteiger partial charge is 0.0467 e. The molecule has 0 amide bonds. The lowest BCUT2D eigenvalue weighted by molar-refractivity contribution is 0.917. The third-order valence-corrected chi connectivity index (χ3v) is 3.79.